The van der Waals surface area contributed by atoms with Gasteiger partial charge in [-0.05, 0) is 0 Å². The minimum Gasteiger partial charge on any atom is -0.356 e. The van der Waals surface area contributed by atoms with E-state index in [0.717, 1.165) is 10.7 Å². The second kappa shape index (κ2) is 4.01. The fraction of sp³-hybridized carbons (Fsp3) is 0.125. The second-order valence-electron chi connectivity index (χ2n) is 2.61. The molecule has 2 aromatic rings. The van der Waals surface area contributed by atoms with Crippen LogP contribution in [0.4, 0.5) is 5.13 Å². The lowest BCUT2D eigenvalue weighted by atomic mass is 10.4. The van der Waals surface area contributed by atoms with E-state index >= 15 is 0 Å². The van der Waals surface area contributed by atoms with Crippen LogP contribution in [0, 0.1) is 0 Å². The first-order chi connectivity index (χ1) is 6.88. The summed E-state index contributed by atoms with van der Waals surface area (Å²) in [6.07, 6.45) is 5.34. The first-order valence-electron chi connectivity index (χ1n) is 4.04. The maximum absolute atomic E-state index is 4.06. The molecular formula is C8H9N5S. The fourth-order valence-electron chi connectivity index (χ4n) is 0.996. The van der Waals surface area contributed by atoms with E-state index in [2.05, 4.69) is 27.2 Å². The molecule has 2 rings (SSSR count). The zero-order chi connectivity index (χ0) is 9.80. The molecular weight excluding hydrogens is 198 g/mol. The van der Waals surface area contributed by atoms with Gasteiger partial charge in [-0.3, -0.25) is 0 Å². The molecule has 1 N–H and O–H groups in total. The Morgan fingerprint density at radius 2 is 2.57 bits per heavy atom. The lowest BCUT2D eigenvalue weighted by Gasteiger charge is -1.96. The molecule has 2 aromatic heterocycles. The number of rotatable bonds is 4. The summed E-state index contributed by atoms with van der Waals surface area (Å²) in [6.45, 7) is 4.31. The monoisotopic (exact) mass is 207 g/mol. The molecule has 0 bridgehead atoms. The summed E-state index contributed by atoms with van der Waals surface area (Å²) in [5, 5.41) is 15.6. The van der Waals surface area contributed by atoms with Crippen LogP contribution in [0.2, 0.25) is 0 Å². The second-order valence-corrected chi connectivity index (χ2v) is 3.44. The van der Waals surface area contributed by atoms with Crippen molar-refractivity contribution in [1.29, 1.82) is 0 Å². The van der Waals surface area contributed by atoms with Crippen molar-refractivity contribution in [1.82, 2.24) is 20.0 Å². The zero-order valence-corrected chi connectivity index (χ0v) is 8.24. The highest BCUT2D eigenvalue weighted by molar-refractivity contribution is 7.13. The van der Waals surface area contributed by atoms with Crippen LogP contribution in [0.5, 0.6) is 0 Å². The van der Waals surface area contributed by atoms with Gasteiger partial charge in [0.1, 0.15) is 5.51 Å². The van der Waals surface area contributed by atoms with Crippen LogP contribution >= 0.6 is 11.3 Å². The molecule has 2 heterocycles. The lowest BCUT2D eigenvalue weighted by Crippen LogP contribution is -1.97. The van der Waals surface area contributed by atoms with Crippen LogP contribution in [0.25, 0.3) is 6.20 Å². The molecule has 0 aromatic carbocycles. The van der Waals surface area contributed by atoms with Crippen LogP contribution in [-0.4, -0.2) is 20.0 Å². The molecule has 0 fully saturated rings. The number of hydrogen-bond acceptors (Lipinski definition) is 5. The SMILES string of the molecule is C=Cn1cc(CNc2nncs2)cn1. The summed E-state index contributed by atoms with van der Waals surface area (Å²) < 4.78 is 1.66. The molecule has 0 spiro atoms. The van der Waals surface area contributed by atoms with Crippen LogP contribution in [0.15, 0.2) is 24.5 Å². The molecule has 14 heavy (non-hydrogen) atoms. The van der Waals surface area contributed by atoms with Crippen LogP contribution in [0.1, 0.15) is 5.56 Å². The van der Waals surface area contributed by atoms with Crippen molar-refractivity contribution in [2.45, 2.75) is 6.54 Å². The Morgan fingerprint density at radius 1 is 1.64 bits per heavy atom. The third-order valence-corrected chi connectivity index (χ3v) is 2.29. The van der Waals surface area contributed by atoms with E-state index in [0.29, 0.717) is 6.54 Å². The number of hydrogen-bond donors (Lipinski definition) is 1. The number of anilines is 1. The minimum atomic E-state index is 0.697. The quantitative estimate of drug-likeness (QED) is 0.824. The average Bonchev–Trinajstić information content (AvgIpc) is 2.86. The van der Waals surface area contributed by atoms with Crippen molar-refractivity contribution < 1.29 is 0 Å². The molecule has 72 valence electrons. The van der Waals surface area contributed by atoms with Gasteiger partial charge in [-0.15, -0.1) is 10.2 Å². The molecule has 5 nitrogen and oxygen atoms in total. The number of aromatic nitrogens is 4. The molecule has 0 atom stereocenters. The van der Waals surface area contributed by atoms with Gasteiger partial charge in [0.2, 0.25) is 5.13 Å². The smallest absolute Gasteiger partial charge is 0.205 e. The molecule has 0 amide bonds. The third kappa shape index (κ3) is 1.97. The van der Waals surface area contributed by atoms with Gasteiger partial charge >= 0.3 is 0 Å². The summed E-state index contributed by atoms with van der Waals surface area (Å²) in [5.74, 6) is 0. The Bertz CT molecular complexity index is 405. The highest BCUT2D eigenvalue weighted by Gasteiger charge is 1.98. The Kier molecular flexibility index (Phi) is 2.55. The third-order valence-electron chi connectivity index (χ3n) is 1.65. The lowest BCUT2D eigenvalue weighted by molar-refractivity contribution is 0.936. The van der Waals surface area contributed by atoms with Crippen molar-refractivity contribution in [3.8, 4) is 0 Å². The van der Waals surface area contributed by atoms with Gasteiger partial charge in [0, 0.05) is 24.5 Å². The predicted molar refractivity (Wildman–Crippen MR) is 55.8 cm³/mol. The predicted octanol–water partition coefficient (Wildman–Crippen LogP) is 1.45. The van der Waals surface area contributed by atoms with Gasteiger partial charge in [-0.1, -0.05) is 17.9 Å². The number of nitrogens with zero attached hydrogens (tertiary/aromatic N) is 4. The Labute approximate surface area is 85.1 Å². The summed E-state index contributed by atoms with van der Waals surface area (Å²) in [7, 11) is 0. The summed E-state index contributed by atoms with van der Waals surface area (Å²) in [6, 6.07) is 0. The van der Waals surface area contributed by atoms with E-state index in [4.69, 9.17) is 0 Å². The van der Waals surface area contributed by atoms with E-state index in [1.807, 2.05) is 6.20 Å². The summed E-state index contributed by atoms with van der Waals surface area (Å²) in [5.41, 5.74) is 2.77. The van der Waals surface area contributed by atoms with Crippen molar-refractivity contribution in [3.05, 3.63) is 30.0 Å². The van der Waals surface area contributed by atoms with E-state index in [-0.39, 0.29) is 0 Å². The maximum Gasteiger partial charge on any atom is 0.205 e. The molecule has 0 unspecified atom stereocenters. The normalized spacial score (nSPS) is 10.0. The van der Waals surface area contributed by atoms with Crippen molar-refractivity contribution in [2.24, 2.45) is 0 Å². The summed E-state index contributed by atoms with van der Waals surface area (Å²) >= 11 is 1.47. The molecule has 0 aliphatic carbocycles. The standard InChI is InChI=1S/C8H9N5S/c1-2-13-5-7(4-11-13)3-9-8-12-10-6-14-8/h2,4-6H,1,3H2,(H,9,12). The van der Waals surface area contributed by atoms with Gasteiger partial charge in [0.05, 0.1) is 6.20 Å². The molecule has 0 radical (unpaired) electrons. The van der Waals surface area contributed by atoms with Crippen LogP contribution in [-0.2, 0) is 6.54 Å². The van der Waals surface area contributed by atoms with Crippen LogP contribution in [0.3, 0.4) is 0 Å². The molecule has 6 heteroatoms. The van der Waals surface area contributed by atoms with Gasteiger partial charge in [0.15, 0.2) is 0 Å². The highest BCUT2D eigenvalue weighted by Crippen LogP contribution is 2.09. The molecule has 0 saturated heterocycles. The first kappa shape index (κ1) is 8.89. The topological polar surface area (TPSA) is 55.6 Å². The Balaban J connectivity index is 1.95. The number of nitrogens with one attached hydrogen (secondary N) is 1. The van der Waals surface area contributed by atoms with Gasteiger partial charge in [0.25, 0.3) is 0 Å². The van der Waals surface area contributed by atoms with Gasteiger partial charge < -0.3 is 5.32 Å². The first-order valence-corrected chi connectivity index (χ1v) is 4.92. The minimum absolute atomic E-state index is 0.697. The van der Waals surface area contributed by atoms with E-state index < -0.39 is 0 Å². The van der Waals surface area contributed by atoms with Gasteiger partial charge in [-0.2, -0.15) is 5.10 Å². The van der Waals surface area contributed by atoms with Crippen LogP contribution < -0.4 is 5.32 Å². The maximum atomic E-state index is 4.06. The fourth-order valence-corrected chi connectivity index (χ4v) is 1.44. The van der Waals surface area contributed by atoms with E-state index in [1.165, 1.54) is 11.3 Å². The Hall–Kier alpha value is -1.69. The van der Waals surface area contributed by atoms with Crippen molar-refractivity contribution in [2.75, 3.05) is 5.32 Å². The summed E-state index contributed by atoms with van der Waals surface area (Å²) in [4.78, 5) is 0. The van der Waals surface area contributed by atoms with Crippen molar-refractivity contribution in [3.63, 3.8) is 0 Å². The van der Waals surface area contributed by atoms with E-state index in [9.17, 15) is 0 Å². The van der Waals surface area contributed by atoms with E-state index in [1.54, 1.807) is 22.6 Å². The molecule has 0 aliphatic rings. The highest BCUT2D eigenvalue weighted by atomic mass is 32.1. The average molecular weight is 207 g/mol. The van der Waals surface area contributed by atoms with Gasteiger partial charge in [-0.25, -0.2) is 4.68 Å². The molecule has 0 aliphatic heterocycles. The Morgan fingerprint density at radius 3 is 3.21 bits per heavy atom. The molecule has 0 saturated carbocycles. The zero-order valence-electron chi connectivity index (χ0n) is 7.42. The van der Waals surface area contributed by atoms with Crippen molar-refractivity contribution >= 4 is 22.7 Å². The largest absolute Gasteiger partial charge is 0.356 e.